The highest BCUT2D eigenvalue weighted by molar-refractivity contribution is 5.94. The van der Waals surface area contributed by atoms with E-state index in [-0.39, 0.29) is 11.4 Å². The Morgan fingerprint density at radius 1 is 1.06 bits per heavy atom. The summed E-state index contributed by atoms with van der Waals surface area (Å²) in [6, 6.07) is 7.42. The molecular weight excluding hydrogens is 228 g/mol. The molecule has 18 heavy (non-hydrogen) atoms. The molecule has 1 rings (SSSR count). The van der Waals surface area contributed by atoms with E-state index < -0.39 is 5.60 Å². The summed E-state index contributed by atoms with van der Waals surface area (Å²) in [7, 11) is 0. The molecule has 100 valence electrons. The summed E-state index contributed by atoms with van der Waals surface area (Å²) in [6.07, 6.45) is 0. The van der Waals surface area contributed by atoms with Gasteiger partial charge in [-0.2, -0.15) is 0 Å². The lowest BCUT2D eigenvalue weighted by molar-refractivity contribution is -0.401. The highest BCUT2D eigenvalue weighted by Crippen LogP contribution is 2.27. The molecule has 0 heterocycles. The van der Waals surface area contributed by atoms with Crippen molar-refractivity contribution >= 4 is 5.78 Å². The summed E-state index contributed by atoms with van der Waals surface area (Å²) < 4.78 is 0. The molecule has 0 spiro atoms. The molecule has 0 atom stereocenters. The molecule has 0 saturated heterocycles. The molecule has 0 aliphatic carbocycles. The minimum atomic E-state index is -0.598. The van der Waals surface area contributed by atoms with E-state index in [0.717, 1.165) is 5.56 Å². The number of carbonyl (C=O) groups is 1. The molecule has 1 aromatic carbocycles. The Morgan fingerprint density at radius 2 is 1.67 bits per heavy atom. The normalized spacial score (nSPS) is 12.6. The third-order valence-corrected chi connectivity index (χ3v) is 2.46. The van der Waals surface area contributed by atoms with Crippen LogP contribution in [-0.2, 0) is 15.4 Å². The lowest BCUT2D eigenvalue weighted by atomic mass is 9.96. The van der Waals surface area contributed by atoms with Gasteiger partial charge in [0.2, 0.25) is 0 Å². The molecule has 1 aromatic rings. The fraction of sp³-hybridized carbons (Fsp3) is 0.533. The highest BCUT2D eigenvalue weighted by atomic mass is 17.2. The fourth-order valence-electron chi connectivity index (χ4n) is 1.39. The number of hydrogen-bond donors (Lipinski definition) is 0. The van der Waals surface area contributed by atoms with Crippen LogP contribution in [0.15, 0.2) is 24.3 Å². The Bertz CT molecular complexity index is 428. The van der Waals surface area contributed by atoms with Crippen LogP contribution in [0.2, 0.25) is 0 Å². The zero-order valence-electron chi connectivity index (χ0n) is 12.0. The Balaban J connectivity index is 2.90. The topological polar surface area (TPSA) is 35.5 Å². The van der Waals surface area contributed by atoms with E-state index in [1.54, 1.807) is 13.0 Å². The van der Waals surface area contributed by atoms with Crippen LogP contribution in [-0.4, -0.2) is 11.4 Å². The van der Waals surface area contributed by atoms with Gasteiger partial charge in [0.25, 0.3) is 0 Å². The molecule has 0 bridgehead atoms. The molecule has 0 amide bonds. The van der Waals surface area contributed by atoms with Crippen molar-refractivity contribution in [2.24, 2.45) is 0 Å². The standard InChI is InChI=1S/C15H22O3/c1-11(16)12-8-7-9-13(10-12)15(5,6)18-17-14(2,3)4/h7-10H,1-6H3. The van der Waals surface area contributed by atoms with Gasteiger partial charge in [-0.05, 0) is 53.2 Å². The molecule has 0 unspecified atom stereocenters. The average molecular weight is 250 g/mol. The van der Waals surface area contributed by atoms with Crippen LogP contribution in [0.5, 0.6) is 0 Å². The van der Waals surface area contributed by atoms with Crippen molar-refractivity contribution in [1.29, 1.82) is 0 Å². The molecule has 0 radical (unpaired) electrons. The number of ketones is 1. The number of Topliss-reactive ketones (excluding diaryl/α,β-unsaturated/α-hetero) is 1. The van der Waals surface area contributed by atoms with Gasteiger partial charge in [0.15, 0.2) is 5.78 Å². The summed E-state index contributed by atoms with van der Waals surface area (Å²) in [4.78, 5) is 22.2. The van der Waals surface area contributed by atoms with Crippen LogP contribution < -0.4 is 0 Å². The van der Waals surface area contributed by atoms with Crippen LogP contribution in [0.4, 0.5) is 0 Å². The van der Waals surface area contributed by atoms with Gasteiger partial charge >= 0.3 is 0 Å². The van der Waals surface area contributed by atoms with Crippen molar-refractivity contribution in [2.45, 2.75) is 52.7 Å². The van der Waals surface area contributed by atoms with E-state index in [0.29, 0.717) is 5.56 Å². The maximum Gasteiger partial charge on any atom is 0.159 e. The van der Waals surface area contributed by atoms with Gasteiger partial charge < -0.3 is 0 Å². The van der Waals surface area contributed by atoms with Gasteiger partial charge in [0.1, 0.15) is 5.60 Å². The average Bonchev–Trinajstić information content (AvgIpc) is 2.26. The Morgan fingerprint density at radius 3 is 2.17 bits per heavy atom. The van der Waals surface area contributed by atoms with Crippen molar-refractivity contribution in [3.05, 3.63) is 35.4 Å². The predicted molar refractivity (Wildman–Crippen MR) is 71.4 cm³/mol. The van der Waals surface area contributed by atoms with E-state index >= 15 is 0 Å². The largest absolute Gasteiger partial charge is 0.295 e. The first-order valence-corrected chi connectivity index (χ1v) is 6.10. The summed E-state index contributed by atoms with van der Waals surface area (Å²) in [6.45, 7) is 11.2. The highest BCUT2D eigenvalue weighted by Gasteiger charge is 2.26. The summed E-state index contributed by atoms with van der Waals surface area (Å²) >= 11 is 0. The van der Waals surface area contributed by atoms with Crippen molar-refractivity contribution in [3.63, 3.8) is 0 Å². The first-order valence-electron chi connectivity index (χ1n) is 6.10. The smallest absolute Gasteiger partial charge is 0.159 e. The molecule has 0 fully saturated rings. The SMILES string of the molecule is CC(=O)c1cccc(C(C)(C)OOC(C)(C)C)c1. The molecule has 0 aliphatic heterocycles. The Labute approximate surface area is 109 Å². The third-order valence-electron chi connectivity index (χ3n) is 2.46. The summed E-state index contributed by atoms with van der Waals surface area (Å²) in [5.41, 5.74) is 0.633. The molecule has 0 saturated carbocycles. The Hall–Kier alpha value is -1.19. The van der Waals surface area contributed by atoms with Crippen LogP contribution in [0.1, 0.15) is 57.5 Å². The van der Waals surface area contributed by atoms with E-state index in [4.69, 9.17) is 9.78 Å². The molecule has 0 aromatic heterocycles. The predicted octanol–water partition coefficient (Wildman–Crippen LogP) is 3.87. The minimum absolute atomic E-state index is 0.0457. The van der Waals surface area contributed by atoms with Gasteiger partial charge in [0.05, 0.1) is 5.60 Å². The maximum atomic E-state index is 11.4. The maximum absolute atomic E-state index is 11.4. The van der Waals surface area contributed by atoms with Crippen LogP contribution in [0.3, 0.4) is 0 Å². The monoisotopic (exact) mass is 250 g/mol. The minimum Gasteiger partial charge on any atom is -0.295 e. The zero-order chi connectivity index (χ0) is 14.0. The van der Waals surface area contributed by atoms with Crippen LogP contribution >= 0.6 is 0 Å². The summed E-state index contributed by atoms with van der Waals surface area (Å²) in [5, 5.41) is 0. The van der Waals surface area contributed by atoms with E-state index in [9.17, 15) is 4.79 Å². The molecular formula is C15H22O3. The van der Waals surface area contributed by atoms with Crippen molar-refractivity contribution in [2.75, 3.05) is 0 Å². The first-order chi connectivity index (χ1) is 8.12. The lowest BCUT2D eigenvalue weighted by Crippen LogP contribution is -2.29. The first kappa shape index (κ1) is 14.9. The lowest BCUT2D eigenvalue weighted by Gasteiger charge is -2.29. The van der Waals surface area contributed by atoms with Crippen LogP contribution in [0.25, 0.3) is 0 Å². The van der Waals surface area contributed by atoms with E-state index in [2.05, 4.69) is 0 Å². The third kappa shape index (κ3) is 4.24. The molecule has 0 aliphatic rings. The number of hydrogen-bond acceptors (Lipinski definition) is 3. The van der Waals surface area contributed by atoms with E-state index in [1.807, 2.05) is 52.8 Å². The van der Waals surface area contributed by atoms with Crippen LogP contribution in [0, 0.1) is 0 Å². The number of rotatable bonds is 4. The molecule has 0 N–H and O–H groups in total. The zero-order valence-corrected chi connectivity index (χ0v) is 12.0. The van der Waals surface area contributed by atoms with Gasteiger partial charge in [-0.15, -0.1) is 0 Å². The summed E-state index contributed by atoms with van der Waals surface area (Å²) in [5.74, 6) is 0.0457. The van der Waals surface area contributed by atoms with Gasteiger partial charge in [0, 0.05) is 5.56 Å². The second-order valence-electron chi connectivity index (χ2n) is 5.93. The Kier molecular flexibility index (Phi) is 4.30. The second kappa shape index (κ2) is 5.21. The van der Waals surface area contributed by atoms with Crippen molar-refractivity contribution in [1.82, 2.24) is 0 Å². The van der Waals surface area contributed by atoms with Gasteiger partial charge in [-0.3, -0.25) is 4.79 Å². The molecule has 3 nitrogen and oxygen atoms in total. The fourth-order valence-corrected chi connectivity index (χ4v) is 1.39. The van der Waals surface area contributed by atoms with Gasteiger partial charge in [-0.25, -0.2) is 9.78 Å². The second-order valence-corrected chi connectivity index (χ2v) is 5.93. The van der Waals surface area contributed by atoms with Crippen molar-refractivity contribution < 1.29 is 14.6 Å². The van der Waals surface area contributed by atoms with Crippen molar-refractivity contribution in [3.8, 4) is 0 Å². The van der Waals surface area contributed by atoms with Gasteiger partial charge in [-0.1, -0.05) is 18.2 Å². The quantitative estimate of drug-likeness (QED) is 0.462. The van der Waals surface area contributed by atoms with E-state index in [1.165, 1.54) is 0 Å². The molecule has 3 heteroatoms. The number of benzene rings is 1. The number of carbonyl (C=O) groups excluding carboxylic acids is 1.